The Kier molecular flexibility index (Phi) is 4.01. The molecule has 2 heterocycles. The number of nitrogens with zero attached hydrogens (tertiary/aromatic N) is 2. The summed E-state index contributed by atoms with van der Waals surface area (Å²) < 4.78 is 5.14. The first-order valence-electron chi connectivity index (χ1n) is 6.59. The van der Waals surface area contributed by atoms with E-state index < -0.39 is 0 Å². The van der Waals surface area contributed by atoms with Crippen LogP contribution in [-0.4, -0.2) is 42.1 Å². The molecule has 0 aromatic carbocycles. The van der Waals surface area contributed by atoms with Crippen molar-refractivity contribution < 1.29 is 9.32 Å². The highest BCUT2D eigenvalue weighted by Crippen LogP contribution is 2.19. The maximum absolute atomic E-state index is 12.5. The van der Waals surface area contributed by atoms with E-state index in [9.17, 15) is 4.79 Å². The molecule has 1 amide bonds. The fraction of sp³-hybridized carbons (Fsp3) is 0.692. The van der Waals surface area contributed by atoms with Gasteiger partial charge in [-0.15, -0.1) is 0 Å². The Morgan fingerprint density at radius 1 is 1.61 bits per heavy atom. The minimum Gasteiger partial charge on any atom is -0.361 e. The van der Waals surface area contributed by atoms with E-state index >= 15 is 0 Å². The molecule has 0 spiro atoms. The van der Waals surface area contributed by atoms with E-state index in [-0.39, 0.29) is 5.91 Å². The fourth-order valence-electron chi connectivity index (χ4n) is 2.49. The zero-order valence-electron chi connectivity index (χ0n) is 11.3. The Labute approximate surface area is 108 Å². The molecule has 1 unspecified atom stereocenters. The largest absolute Gasteiger partial charge is 0.361 e. The SMILES string of the molecule is CCc1noc(C)c1C(=O)N1CCCC(NC)C1. The van der Waals surface area contributed by atoms with Crippen molar-refractivity contribution >= 4 is 5.91 Å². The van der Waals surface area contributed by atoms with E-state index in [4.69, 9.17) is 4.52 Å². The van der Waals surface area contributed by atoms with Crippen LogP contribution in [0.25, 0.3) is 0 Å². The third-order valence-electron chi connectivity index (χ3n) is 3.60. The average Bonchev–Trinajstić information content (AvgIpc) is 2.79. The predicted molar refractivity (Wildman–Crippen MR) is 68.6 cm³/mol. The number of aromatic nitrogens is 1. The molecule has 1 fully saturated rings. The Bertz CT molecular complexity index is 428. The van der Waals surface area contributed by atoms with Crippen molar-refractivity contribution in [3.8, 4) is 0 Å². The number of aryl methyl sites for hydroxylation is 2. The average molecular weight is 251 g/mol. The molecule has 1 aromatic rings. The summed E-state index contributed by atoms with van der Waals surface area (Å²) in [6, 6.07) is 0.396. The smallest absolute Gasteiger partial charge is 0.259 e. The van der Waals surface area contributed by atoms with Crippen molar-refractivity contribution in [1.82, 2.24) is 15.4 Å². The summed E-state index contributed by atoms with van der Waals surface area (Å²) >= 11 is 0. The molecule has 0 radical (unpaired) electrons. The number of likely N-dealkylation sites (N-methyl/N-ethyl adjacent to an activating group) is 1. The lowest BCUT2D eigenvalue weighted by atomic mass is 10.0. The van der Waals surface area contributed by atoms with Gasteiger partial charge in [0.1, 0.15) is 11.3 Å². The lowest BCUT2D eigenvalue weighted by Gasteiger charge is -2.32. The van der Waals surface area contributed by atoms with E-state index in [2.05, 4.69) is 10.5 Å². The van der Waals surface area contributed by atoms with E-state index in [1.807, 2.05) is 18.9 Å². The van der Waals surface area contributed by atoms with Crippen LogP contribution in [-0.2, 0) is 6.42 Å². The second kappa shape index (κ2) is 5.52. The van der Waals surface area contributed by atoms with Crippen LogP contribution in [0.15, 0.2) is 4.52 Å². The molecule has 5 heteroatoms. The van der Waals surface area contributed by atoms with Gasteiger partial charge in [-0.05, 0) is 33.2 Å². The van der Waals surface area contributed by atoms with Gasteiger partial charge in [-0.1, -0.05) is 12.1 Å². The first kappa shape index (κ1) is 13.1. The Hall–Kier alpha value is -1.36. The predicted octanol–water partition coefficient (Wildman–Crippen LogP) is 1.37. The second-order valence-corrected chi connectivity index (χ2v) is 4.79. The first-order valence-corrected chi connectivity index (χ1v) is 6.59. The van der Waals surface area contributed by atoms with Crippen LogP contribution in [0.5, 0.6) is 0 Å². The fourth-order valence-corrected chi connectivity index (χ4v) is 2.49. The van der Waals surface area contributed by atoms with Gasteiger partial charge >= 0.3 is 0 Å². The van der Waals surface area contributed by atoms with Crippen molar-refractivity contribution in [2.24, 2.45) is 0 Å². The van der Waals surface area contributed by atoms with E-state index in [0.29, 0.717) is 17.4 Å². The number of carbonyl (C=O) groups excluding carboxylic acids is 1. The quantitative estimate of drug-likeness (QED) is 0.881. The zero-order valence-corrected chi connectivity index (χ0v) is 11.3. The molecule has 1 aliphatic rings. The maximum atomic E-state index is 12.5. The Morgan fingerprint density at radius 3 is 3.06 bits per heavy atom. The normalized spacial score (nSPS) is 20.2. The van der Waals surface area contributed by atoms with Gasteiger partial charge in [-0.2, -0.15) is 0 Å². The number of piperidine rings is 1. The van der Waals surface area contributed by atoms with Crippen LogP contribution >= 0.6 is 0 Å². The molecule has 1 N–H and O–H groups in total. The molecular formula is C13H21N3O2. The van der Waals surface area contributed by atoms with Gasteiger partial charge in [0.15, 0.2) is 0 Å². The Balaban J connectivity index is 2.17. The van der Waals surface area contributed by atoms with Gasteiger partial charge in [0.25, 0.3) is 5.91 Å². The molecule has 2 rings (SSSR count). The topological polar surface area (TPSA) is 58.4 Å². The minimum absolute atomic E-state index is 0.0607. The summed E-state index contributed by atoms with van der Waals surface area (Å²) in [4.78, 5) is 14.4. The van der Waals surface area contributed by atoms with Crippen LogP contribution in [0, 0.1) is 6.92 Å². The summed E-state index contributed by atoms with van der Waals surface area (Å²) in [5.74, 6) is 0.689. The minimum atomic E-state index is 0.0607. The van der Waals surface area contributed by atoms with Gasteiger partial charge in [0.2, 0.25) is 0 Å². The van der Waals surface area contributed by atoms with Crippen LogP contribution in [0.3, 0.4) is 0 Å². The van der Waals surface area contributed by atoms with Crippen LogP contribution in [0.4, 0.5) is 0 Å². The third kappa shape index (κ3) is 2.41. The molecule has 100 valence electrons. The summed E-state index contributed by atoms with van der Waals surface area (Å²) in [6.45, 7) is 5.38. The lowest BCUT2D eigenvalue weighted by Crippen LogP contribution is -2.47. The summed E-state index contributed by atoms with van der Waals surface area (Å²) in [5, 5.41) is 7.20. The van der Waals surface area contributed by atoms with Gasteiger partial charge in [0.05, 0.1) is 5.69 Å². The van der Waals surface area contributed by atoms with Gasteiger partial charge < -0.3 is 14.7 Å². The number of likely N-dealkylation sites (tertiary alicyclic amines) is 1. The van der Waals surface area contributed by atoms with Crippen molar-refractivity contribution in [2.45, 2.75) is 39.2 Å². The Morgan fingerprint density at radius 2 is 2.39 bits per heavy atom. The van der Waals surface area contributed by atoms with Crippen molar-refractivity contribution in [2.75, 3.05) is 20.1 Å². The molecule has 5 nitrogen and oxygen atoms in total. The molecule has 18 heavy (non-hydrogen) atoms. The van der Waals surface area contributed by atoms with Crippen LogP contribution in [0.2, 0.25) is 0 Å². The molecule has 0 aliphatic carbocycles. The number of nitrogens with one attached hydrogen (secondary N) is 1. The van der Waals surface area contributed by atoms with Crippen molar-refractivity contribution in [3.63, 3.8) is 0 Å². The second-order valence-electron chi connectivity index (χ2n) is 4.79. The van der Waals surface area contributed by atoms with Gasteiger partial charge in [-0.25, -0.2) is 0 Å². The lowest BCUT2D eigenvalue weighted by molar-refractivity contribution is 0.0695. The molecule has 1 saturated heterocycles. The highest BCUT2D eigenvalue weighted by molar-refractivity contribution is 5.96. The standard InChI is InChI=1S/C13H21N3O2/c1-4-11-12(9(2)18-15-11)13(17)16-7-5-6-10(8-16)14-3/h10,14H,4-8H2,1-3H3. The highest BCUT2D eigenvalue weighted by Gasteiger charge is 2.28. The third-order valence-corrected chi connectivity index (χ3v) is 3.60. The molecule has 1 aliphatic heterocycles. The maximum Gasteiger partial charge on any atom is 0.259 e. The summed E-state index contributed by atoms with van der Waals surface area (Å²) in [5.41, 5.74) is 1.43. The van der Waals surface area contributed by atoms with Crippen LogP contribution in [0.1, 0.15) is 41.6 Å². The molecule has 0 bridgehead atoms. The number of carbonyl (C=O) groups is 1. The molecule has 1 aromatic heterocycles. The van der Waals surface area contributed by atoms with Crippen molar-refractivity contribution in [1.29, 1.82) is 0 Å². The monoisotopic (exact) mass is 251 g/mol. The van der Waals surface area contributed by atoms with E-state index in [1.165, 1.54) is 0 Å². The molecular weight excluding hydrogens is 230 g/mol. The number of hydrogen-bond acceptors (Lipinski definition) is 4. The summed E-state index contributed by atoms with van der Waals surface area (Å²) in [7, 11) is 1.95. The molecule has 0 saturated carbocycles. The number of rotatable bonds is 3. The summed E-state index contributed by atoms with van der Waals surface area (Å²) in [6.07, 6.45) is 2.90. The highest BCUT2D eigenvalue weighted by atomic mass is 16.5. The van der Waals surface area contributed by atoms with Gasteiger partial charge in [-0.3, -0.25) is 4.79 Å². The first-order chi connectivity index (χ1) is 8.67. The molecule has 1 atom stereocenters. The van der Waals surface area contributed by atoms with E-state index in [0.717, 1.165) is 38.0 Å². The van der Waals surface area contributed by atoms with E-state index in [1.54, 1.807) is 6.92 Å². The van der Waals surface area contributed by atoms with Crippen LogP contribution < -0.4 is 5.32 Å². The number of hydrogen-bond donors (Lipinski definition) is 1. The van der Waals surface area contributed by atoms with Gasteiger partial charge in [0, 0.05) is 19.1 Å². The zero-order chi connectivity index (χ0) is 13.1. The van der Waals surface area contributed by atoms with Crippen molar-refractivity contribution in [3.05, 3.63) is 17.0 Å². The number of amides is 1.